The molecule has 3 aromatic rings. The smallest absolute Gasteiger partial charge is 0.303 e. The summed E-state index contributed by atoms with van der Waals surface area (Å²) in [4.78, 5) is 47.1. The molecule has 4 atom stereocenters. The standard InChI is InChI=1S/C54H72N4O6/c1-10-39-36(7)44-29-50-54(51(60)22-14-21-35(6)20-13-19-34(5)18-12-17-33(4)16-11-15-32(2)3)38(9)45(57-50)28-49-42(31-59)41(24-26-53(63)64)48(58-49)30-47-40(23-25-52(61)62)37(8)43(56-47)27-46(39)55-44/h10,15,17,19,21,27-28,30-31,36,39,44,51,55-58,60H,1,11-14,16,18,20,22-26,29H2,2-9H3,(H,61,62)(H,63,64)/b33-17+,34-19+,35-21+,46-27-,48-30-,49-28-/t36-,39-,44?,51-/m0/s1. The highest BCUT2D eigenvalue weighted by molar-refractivity contribution is 5.80. The maximum atomic E-state index is 12.9. The molecule has 5 heterocycles. The Morgan fingerprint density at radius 2 is 1.30 bits per heavy atom. The van der Waals surface area contributed by atoms with Crippen molar-refractivity contribution in [1.82, 2.24) is 20.3 Å². The molecule has 2 aliphatic heterocycles. The van der Waals surface area contributed by atoms with Crippen LogP contribution in [0.3, 0.4) is 0 Å². The highest BCUT2D eigenvalue weighted by atomic mass is 16.4. The minimum Gasteiger partial charge on any atom is -0.481 e. The van der Waals surface area contributed by atoms with Crippen LogP contribution in [0.5, 0.6) is 0 Å². The summed E-state index contributed by atoms with van der Waals surface area (Å²) in [6.07, 6.45) is 25.5. The molecule has 5 rings (SSSR count). The summed E-state index contributed by atoms with van der Waals surface area (Å²) < 4.78 is 0. The Bertz CT molecular complexity index is 2480. The van der Waals surface area contributed by atoms with Gasteiger partial charge in [-0.2, -0.15) is 0 Å². The second kappa shape index (κ2) is 22.8. The molecule has 2 aliphatic rings. The number of fused-ring (bicyclic) bond motifs is 8. The largest absolute Gasteiger partial charge is 0.481 e. The minimum absolute atomic E-state index is 0.00304. The van der Waals surface area contributed by atoms with Crippen LogP contribution in [0.25, 0.3) is 18.2 Å². The predicted molar refractivity (Wildman–Crippen MR) is 260 cm³/mol. The van der Waals surface area contributed by atoms with Crippen molar-refractivity contribution in [2.75, 3.05) is 0 Å². The van der Waals surface area contributed by atoms with E-state index in [0.717, 1.165) is 96.3 Å². The highest BCUT2D eigenvalue weighted by Gasteiger charge is 2.36. The van der Waals surface area contributed by atoms with Crippen molar-refractivity contribution in [3.05, 3.63) is 132 Å². The monoisotopic (exact) mass is 873 g/mol. The summed E-state index contributed by atoms with van der Waals surface area (Å²) in [5.74, 6) is -1.70. The quantitative estimate of drug-likeness (QED) is 0.0413. The fourth-order valence-electron chi connectivity index (χ4n) is 9.40. The SMILES string of the molecule is C=C[C@@H]1/C2=C/c3[nH]c(c(CCC(=O)O)c3C)/C=c3\[nH]/c(c(C=O)c3CCC(=O)O)=C\c3[nH]c(c([C@@H](O)CC/C=C(\C)CC/C=C(\C)CC/C=C(\C)CCC=C(C)C)c3C)CC(N2)[C@H]1C. The van der Waals surface area contributed by atoms with Gasteiger partial charge in [0, 0.05) is 76.2 Å². The number of nitrogens with one attached hydrogen (secondary N) is 4. The molecule has 1 saturated heterocycles. The molecule has 0 spiro atoms. The number of hydrogen-bond donors (Lipinski definition) is 7. The zero-order chi connectivity index (χ0) is 46.7. The molecule has 0 aromatic carbocycles. The van der Waals surface area contributed by atoms with E-state index in [4.69, 9.17) is 0 Å². The molecule has 3 aromatic heterocycles. The van der Waals surface area contributed by atoms with E-state index >= 15 is 0 Å². The molecule has 0 saturated carbocycles. The van der Waals surface area contributed by atoms with Crippen LogP contribution >= 0.6 is 0 Å². The van der Waals surface area contributed by atoms with Crippen molar-refractivity contribution >= 4 is 36.5 Å². The number of aldehydes is 1. The Hall–Kier alpha value is -5.61. The Labute approximate surface area is 379 Å². The van der Waals surface area contributed by atoms with Gasteiger partial charge in [0.05, 0.1) is 11.5 Å². The Balaban J connectivity index is 1.47. The number of rotatable bonds is 21. The summed E-state index contributed by atoms with van der Waals surface area (Å²) in [6.45, 7) is 21.3. The van der Waals surface area contributed by atoms with E-state index in [-0.39, 0.29) is 43.6 Å². The average Bonchev–Trinajstić information content (AvgIpc) is 3.91. The number of H-pyrrole nitrogens is 3. The van der Waals surface area contributed by atoms with Crippen LogP contribution in [0.2, 0.25) is 0 Å². The number of carboxylic acids is 2. The minimum atomic E-state index is -0.982. The third kappa shape index (κ3) is 12.8. The summed E-state index contributed by atoms with van der Waals surface area (Å²) in [5.41, 5.74) is 14.2. The van der Waals surface area contributed by atoms with Gasteiger partial charge in [-0.3, -0.25) is 14.4 Å². The van der Waals surface area contributed by atoms with Gasteiger partial charge in [0.25, 0.3) is 0 Å². The third-order valence-electron chi connectivity index (χ3n) is 13.3. The summed E-state index contributed by atoms with van der Waals surface area (Å²) in [6, 6.07) is 0.00304. The molecule has 0 radical (unpaired) electrons. The fourth-order valence-corrected chi connectivity index (χ4v) is 9.40. The van der Waals surface area contributed by atoms with Gasteiger partial charge in [0.1, 0.15) is 0 Å². The van der Waals surface area contributed by atoms with E-state index in [1.54, 1.807) is 0 Å². The third-order valence-corrected chi connectivity index (χ3v) is 13.3. The number of aliphatic carboxylic acids is 2. The number of carboxylic acid groups (broad SMARTS) is 2. The first-order chi connectivity index (χ1) is 30.5. The van der Waals surface area contributed by atoms with Crippen LogP contribution in [0.4, 0.5) is 0 Å². The van der Waals surface area contributed by atoms with Crippen LogP contribution in [-0.4, -0.2) is 54.5 Å². The van der Waals surface area contributed by atoms with Crippen LogP contribution in [0, 0.1) is 25.7 Å². The molecule has 1 unspecified atom stereocenters. The molecule has 344 valence electrons. The van der Waals surface area contributed by atoms with Gasteiger partial charge < -0.3 is 35.6 Å². The lowest BCUT2D eigenvalue weighted by molar-refractivity contribution is -0.138. The maximum absolute atomic E-state index is 12.9. The van der Waals surface area contributed by atoms with Crippen molar-refractivity contribution in [3.63, 3.8) is 0 Å². The van der Waals surface area contributed by atoms with E-state index in [1.165, 1.54) is 22.3 Å². The maximum Gasteiger partial charge on any atom is 0.303 e. The Morgan fingerprint density at radius 3 is 1.88 bits per heavy atom. The van der Waals surface area contributed by atoms with Crippen LogP contribution < -0.4 is 16.0 Å². The topological polar surface area (TPSA) is 171 Å². The molecule has 0 aliphatic carbocycles. The number of carbonyl (C=O) groups is 3. The van der Waals surface area contributed by atoms with E-state index in [1.807, 2.05) is 32.1 Å². The molecule has 10 heteroatoms. The first kappa shape index (κ1) is 49.4. The number of aliphatic hydroxyl groups is 1. The normalized spacial score (nSPS) is 20.0. The van der Waals surface area contributed by atoms with Gasteiger partial charge in [-0.25, -0.2) is 0 Å². The van der Waals surface area contributed by atoms with Gasteiger partial charge in [-0.05, 0) is 159 Å². The number of aromatic amines is 3. The zero-order valence-corrected chi connectivity index (χ0v) is 39.5. The van der Waals surface area contributed by atoms with Gasteiger partial charge >= 0.3 is 11.9 Å². The van der Waals surface area contributed by atoms with Crippen molar-refractivity contribution in [2.24, 2.45) is 11.8 Å². The molecular weight excluding hydrogens is 801 g/mol. The van der Waals surface area contributed by atoms with Gasteiger partial charge in [-0.15, -0.1) is 6.58 Å². The van der Waals surface area contributed by atoms with Gasteiger partial charge in [0.15, 0.2) is 6.29 Å². The van der Waals surface area contributed by atoms with Crippen molar-refractivity contribution in [2.45, 2.75) is 151 Å². The summed E-state index contributed by atoms with van der Waals surface area (Å²) in [7, 11) is 0. The van der Waals surface area contributed by atoms with E-state index < -0.39 is 18.0 Å². The van der Waals surface area contributed by atoms with Crippen LogP contribution in [0.1, 0.15) is 173 Å². The van der Waals surface area contributed by atoms with E-state index in [0.29, 0.717) is 40.4 Å². The average molecular weight is 873 g/mol. The lowest BCUT2D eigenvalue weighted by Crippen LogP contribution is -2.28. The molecule has 7 N–H and O–H groups in total. The van der Waals surface area contributed by atoms with Gasteiger partial charge in [0.2, 0.25) is 0 Å². The summed E-state index contributed by atoms with van der Waals surface area (Å²) in [5, 5.41) is 36.2. The molecule has 10 nitrogen and oxygen atoms in total. The molecule has 64 heavy (non-hydrogen) atoms. The molecule has 1 fully saturated rings. The predicted octanol–water partition coefficient (Wildman–Crippen LogP) is 10.1. The number of aromatic nitrogens is 3. The first-order valence-corrected chi connectivity index (χ1v) is 23.2. The Kier molecular flexibility index (Phi) is 17.6. The van der Waals surface area contributed by atoms with Crippen molar-refractivity contribution < 1.29 is 29.7 Å². The van der Waals surface area contributed by atoms with Crippen LogP contribution in [0.15, 0.2) is 64.9 Å². The highest BCUT2D eigenvalue weighted by Crippen LogP contribution is 2.37. The second-order valence-electron chi connectivity index (χ2n) is 18.5. The van der Waals surface area contributed by atoms with Crippen molar-refractivity contribution in [1.29, 1.82) is 0 Å². The summed E-state index contributed by atoms with van der Waals surface area (Å²) >= 11 is 0. The van der Waals surface area contributed by atoms with E-state index in [2.05, 4.69) is 98.8 Å². The lowest BCUT2D eigenvalue weighted by atomic mass is 9.87. The van der Waals surface area contributed by atoms with Crippen molar-refractivity contribution in [3.8, 4) is 0 Å². The Morgan fingerprint density at radius 1 is 0.734 bits per heavy atom. The molecular formula is C54H72N4O6. The first-order valence-electron chi connectivity index (χ1n) is 23.2. The number of aliphatic hydroxyl groups excluding tert-OH is 1. The number of hydrogen-bond acceptors (Lipinski definition) is 5. The molecule has 8 bridgehead atoms. The molecule has 0 amide bonds. The lowest BCUT2D eigenvalue weighted by Gasteiger charge is -2.19. The second-order valence-corrected chi connectivity index (χ2v) is 18.5. The number of carbonyl (C=O) groups excluding carboxylic acids is 1. The van der Waals surface area contributed by atoms with Gasteiger partial charge in [-0.1, -0.05) is 59.6 Å². The fraction of sp³-hybridized carbons (Fsp3) is 0.463. The van der Waals surface area contributed by atoms with E-state index in [9.17, 15) is 29.7 Å². The number of allylic oxidation sites excluding steroid dienone is 9. The zero-order valence-electron chi connectivity index (χ0n) is 39.5. The van der Waals surface area contributed by atoms with Crippen LogP contribution in [-0.2, 0) is 28.9 Å².